The van der Waals surface area contributed by atoms with Crippen molar-refractivity contribution in [1.29, 1.82) is 0 Å². The van der Waals surface area contributed by atoms with Crippen LogP contribution in [0.1, 0.15) is 64.0 Å². The summed E-state index contributed by atoms with van der Waals surface area (Å²) < 4.78 is 6.24. The van der Waals surface area contributed by atoms with E-state index >= 15 is 0 Å². The van der Waals surface area contributed by atoms with Gasteiger partial charge in [0.1, 0.15) is 5.75 Å². The summed E-state index contributed by atoms with van der Waals surface area (Å²) in [5, 5.41) is 3.36. The highest BCUT2D eigenvalue weighted by molar-refractivity contribution is 5.30. The first-order chi connectivity index (χ1) is 9.76. The number of hydrogen-bond donors (Lipinski definition) is 1. The van der Waals surface area contributed by atoms with Crippen LogP contribution in [-0.2, 0) is 0 Å². The van der Waals surface area contributed by atoms with E-state index < -0.39 is 0 Å². The van der Waals surface area contributed by atoms with Gasteiger partial charge in [-0.05, 0) is 56.3 Å². The third-order valence-electron chi connectivity index (χ3n) is 4.63. The van der Waals surface area contributed by atoms with Gasteiger partial charge < -0.3 is 10.1 Å². The van der Waals surface area contributed by atoms with Gasteiger partial charge in [-0.3, -0.25) is 0 Å². The summed E-state index contributed by atoms with van der Waals surface area (Å²) in [7, 11) is 2.02. The van der Waals surface area contributed by atoms with E-state index in [-0.39, 0.29) is 0 Å². The van der Waals surface area contributed by atoms with Gasteiger partial charge in [0, 0.05) is 6.04 Å². The third kappa shape index (κ3) is 3.99. The largest absolute Gasteiger partial charge is 0.490 e. The first-order valence-electron chi connectivity index (χ1n) is 8.20. The molecule has 1 aromatic carbocycles. The number of nitrogens with one attached hydrogen (secondary N) is 1. The van der Waals surface area contributed by atoms with Crippen molar-refractivity contribution >= 4 is 0 Å². The molecule has 0 radical (unpaired) electrons. The van der Waals surface area contributed by atoms with Gasteiger partial charge in [-0.1, -0.05) is 38.8 Å². The maximum Gasteiger partial charge on any atom is 0.120 e. The maximum absolute atomic E-state index is 6.24. The van der Waals surface area contributed by atoms with Gasteiger partial charge in [0.25, 0.3) is 0 Å². The van der Waals surface area contributed by atoms with Gasteiger partial charge in [0.15, 0.2) is 0 Å². The predicted molar refractivity (Wildman–Crippen MR) is 85.2 cm³/mol. The van der Waals surface area contributed by atoms with E-state index in [1.54, 1.807) is 0 Å². The number of ether oxygens (including phenoxy) is 1. The fraction of sp³-hybridized carbons (Fsp3) is 0.667. The Balaban J connectivity index is 2.00. The van der Waals surface area contributed by atoms with Crippen LogP contribution in [0.5, 0.6) is 5.75 Å². The van der Waals surface area contributed by atoms with Crippen molar-refractivity contribution in [2.24, 2.45) is 5.92 Å². The summed E-state index contributed by atoms with van der Waals surface area (Å²) in [6.45, 7) is 4.51. The zero-order chi connectivity index (χ0) is 14.4. The van der Waals surface area contributed by atoms with Crippen LogP contribution in [0.2, 0.25) is 0 Å². The molecule has 1 saturated carbocycles. The van der Waals surface area contributed by atoms with Crippen molar-refractivity contribution in [1.82, 2.24) is 5.32 Å². The Morgan fingerprint density at radius 3 is 2.85 bits per heavy atom. The van der Waals surface area contributed by atoms with Crippen molar-refractivity contribution in [3.05, 3.63) is 29.8 Å². The second-order valence-corrected chi connectivity index (χ2v) is 6.00. The lowest BCUT2D eigenvalue weighted by Gasteiger charge is -2.29. The Labute approximate surface area is 123 Å². The molecular formula is C18H29NO. The monoisotopic (exact) mass is 275 g/mol. The van der Waals surface area contributed by atoms with Gasteiger partial charge >= 0.3 is 0 Å². The average Bonchev–Trinajstić information content (AvgIpc) is 2.49. The molecule has 0 aromatic heterocycles. The fourth-order valence-corrected chi connectivity index (χ4v) is 3.32. The Hall–Kier alpha value is -1.02. The smallest absolute Gasteiger partial charge is 0.120 e. The highest BCUT2D eigenvalue weighted by atomic mass is 16.5. The number of benzene rings is 1. The molecular weight excluding hydrogens is 246 g/mol. The van der Waals surface area contributed by atoms with Crippen LogP contribution in [-0.4, -0.2) is 13.2 Å². The second kappa shape index (κ2) is 7.68. The summed E-state index contributed by atoms with van der Waals surface area (Å²) in [5.74, 6) is 1.90. The summed E-state index contributed by atoms with van der Waals surface area (Å²) in [4.78, 5) is 0. The molecule has 112 valence electrons. The van der Waals surface area contributed by atoms with Crippen LogP contribution in [0, 0.1) is 5.92 Å². The van der Waals surface area contributed by atoms with Crippen molar-refractivity contribution in [2.75, 3.05) is 7.05 Å². The molecule has 1 aromatic rings. The summed E-state index contributed by atoms with van der Waals surface area (Å²) in [5.41, 5.74) is 1.33. The topological polar surface area (TPSA) is 21.3 Å². The SMILES string of the molecule is CCC1CCCC(Oc2cccc(C(CC)NC)c2)C1. The Morgan fingerprint density at radius 1 is 1.30 bits per heavy atom. The maximum atomic E-state index is 6.24. The minimum atomic E-state index is 0.415. The molecule has 0 heterocycles. The zero-order valence-corrected chi connectivity index (χ0v) is 13.2. The molecule has 2 rings (SSSR count). The molecule has 1 aliphatic rings. The molecule has 0 spiro atoms. The minimum absolute atomic E-state index is 0.415. The molecule has 2 heteroatoms. The van der Waals surface area contributed by atoms with Crippen LogP contribution in [0.15, 0.2) is 24.3 Å². The molecule has 0 amide bonds. The Morgan fingerprint density at radius 2 is 2.15 bits per heavy atom. The van der Waals surface area contributed by atoms with Crippen molar-refractivity contribution < 1.29 is 4.74 Å². The summed E-state index contributed by atoms with van der Waals surface area (Å²) >= 11 is 0. The number of rotatable bonds is 6. The van der Waals surface area contributed by atoms with Crippen molar-refractivity contribution in [2.45, 2.75) is 64.5 Å². The van der Waals surface area contributed by atoms with Crippen LogP contribution in [0.3, 0.4) is 0 Å². The van der Waals surface area contributed by atoms with Crippen LogP contribution in [0.4, 0.5) is 0 Å². The predicted octanol–water partition coefficient (Wildman–Crippen LogP) is 4.70. The normalized spacial score (nSPS) is 24.4. The Bertz CT molecular complexity index is 400. The van der Waals surface area contributed by atoms with E-state index in [1.165, 1.54) is 37.7 Å². The van der Waals surface area contributed by atoms with Crippen LogP contribution in [0.25, 0.3) is 0 Å². The molecule has 1 aliphatic carbocycles. The summed E-state index contributed by atoms with van der Waals surface area (Å²) in [6.07, 6.45) is 7.94. The molecule has 1 fully saturated rings. The second-order valence-electron chi connectivity index (χ2n) is 6.00. The Kier molecular flexibility index (Phi) is 5.90. The third-order valence-corrected chi connectivity index (χ3v) is 4.63. The van der Waals surface area contributed by atoms with E-state index in [2.05, 4.69) is 43.4 Å². The zero-order valence-electron chi connectivity index (χ0n) is 13.2. The molecule has 3 unspecified atom stereocenters. The van der Waals surface area contributed by atoms with Gasteiger partial charge in [-0.25, -0.2) is 0 Å². The van der Waals surface area contributed by atoms with E-state index in [9.17, 15) is 0 Å². The number of hydrogen-bond acceptors (Lipinski definition) is 2. The lowest BCUT2D eigenvalue weighted by molar-refractivity contribution is 0.122. The molecule has 2 nitrogen and oxygen atoms in total. The molecule has 0 saturated heterocycles. The highest BCUT2D eigenvalue weighted by Crippen LogP contribution is 2.30. The van der Waals surface area contributed by atoms with E-state index in [1.807, 2.05) is 7.05 Å². The molecule has 1 N–H and O–H groups in total. The standard InChI is InChI=1S/C18H29NO/c1-4-14-8-6-10-16(12-14)20-17-11-7-9-15(13-17)18(5-2)19-3/h7,9,11,13-14,16,18-19H,4-6,8,10,12H2,1-3H3. The lowest BCUT2D eigenvalue weighted by atomic mass is 9.85. The minimum Gasteiger partial charge on any atom is -0.490 e. The van der Waals surface area contributed by atoms with E-state index in [4.69, 9.17) is 4.74 Å². The molecule has 0 bridgehead atoms. The van der Waals surface area contributed by atoms with E-state index in [0.717, 1.165) is 18.1 Å². The van der Waals surface area contributed by atoms with Gasteiger partial charge in [0.2, 0.25) is 0 Å². The molecule has 20 heavy (non-hydrogen) atoms. The first kappa shape index (κ1) is 15.4. The summed E-state index contributed by atoms with van der Waals surface area (Å²) in [6, 6.07) is 9.04. The first-order valence-corrected chi connectivity index (χ1v) is 8.20. The highest BCUT2D eigenvalue weighted by Gasteiger charge is 2.22. The van der Waals surface area contributed by atoms with Crippen LogP contribution < -0.4 is 10.1 Å². The molecule has 3 atom stereocenters. The van der Waals surface area contributed by atoms with Crippen molar-refractivity contribution in [3.8, 4) is 5.75 Å². The van der Waals surface area contributed by atoms with Crippen molar-refractivity contribution in [3.63, 3.8) is 0 Å². The van der Waals surface area contributed by atoms with Gasteiger partial charge in [0.05, 0.1) is 6.10 Å². The van der Waals surface area contributed by atoms with Crippen LogP contribution >= 0.6 is 0 Å². The quantitative estimate of drug-likeness (QED) is 0.812. The van der Waals surface area contributed by atoms with E-state index in [0.29, 0.717) is 12.1 Å². The average molecular weight is 275 g/mol. The lowest BCUT2D eigenvalue weighted by Crippen LogP contribution is -2.25. The fourth-order valence-electron chi connectivity index (χ4n) is 3.32. The molecule has 0 aliphatic heterocycles. The van der Waals surface area contributed by atoms with Gasteiger partial charge in [-0.15, -0.1) is 0 Å². The van der Waals surface area contributed by atoms with Gasteiger partial charge in [-0.2, -0.15) is 0 Å².